The Morgan fingerprint density at radius 2 is 1.77 bits per heavy atom. The van der Waals surface area contributed by atoms with E-state index >= 15 is 0 Å². The van der Waals surface area contributed by atoms with Crippen molar-refractivity contribution in [1.29, 1.82) is 0 Å². The van der Waals surface area contributed by atoms with E-state index in [9.17, 15) is 17.6 Å². The maximum Gasteiger partial charge on any atom is 0.265 e. The maximum atomic E-state index is 14.8. The van der Waals surface area contributed by atoms with Gasteiger partial charge in [0.25, 0.3) is 10.0 Å². The molecule has 0 aliphatic carbocycles. The van der Waals surface area contributed by atoms with Gasteiger partial charge in [-0.25, -0.2) is 12.8 Å². The third kappa shape index (κ3) is 6.62. The SMILES string of the molecule is COc1ccc(S(=O)(=O)N(CC(=O)NCc2ccc(N3CCCC(C)C3)cc2)c2ccccc2F)cc1OC. The molecule has 1 fully saturated rings. The highest BCUT2D eigenvalue weighted by molar-refractivity contribution is 7.92. The van der Waals surface area contributed by atoms with Crippen LogP contribution in [0.3, 0.4) is 0 Å². The maximum absolute atomic E-state index is 14.8. The summed E-state index contributed by atoms with van der Waals surface area (Å²) in [5.41, 5.74) is 1.78. The Balaban J connectivity index is 1.51. The smallest absolute Gasteiger partial charge is 0.265 e. The van der Waals surface area contributed by atoms with Gasteiger partial charge in [-0.2, -0.15) is 0 Å². The fourth-order valence-corrected chi connectivity index (χ4v) is 6.14. The Labute approximate surface area is 229 Å². The Bertz CT molecular complexity index is 1400. The second-order valence-corrected chi connectivity index (χ2v) is 11.5. The van der Waals surface area contributed by atoms with Crippen LogP contribution in [0, 0.1) is 11.7 Å². The molecule has 1 N–H and O–H groups in total. The van der Waals surface area contributed by atoms with Crippen LogP contribution in [-0.4, -0.2) is 48.2 Å². The fraction of sp³-hybridized carbons (Fsp3) is 0.345. The monoisotopic (exact) mass is 555 g/mol. The van der Waals surface area contributed by atoms with Crippen LogP contribution >= 0.6 is 0 Å². The molecule has 4 rings (SSSR count). The quantitative estimate of drug-likeness (QED) is 0.394. The number of para-hydroxylation sites is 1. The first-order chi connectivity index (χ1) is 18.7. The third-order valence-corrected chi connectivity index (χ3v) is 8.56. The number of amides is 1. The van der Waals surface area contributed by atoms with E-state index in [1.54, 1.807) is 0 Å². The molecule has 0 radical (unpaired) electrons. The van der Waals surface area contributed by atoms with E-state index in [-0.39, 0.29) is 22.9 Å². The van der Waals surface area contributed by atoms with E-state index in [0.717, 1.165) is 34.7 Å². The van der Waals surface area contributed by atoms with Gasteiger partial charge < -0.3 is 19.7 Å². The number of carbonyl (C=O) groups is 1. The second kappa shape index (κ2) is 12.4. The highest BCUT2D eigenvalue weighted by atomic mass is 32.2. The molecule has 1 atom stereocenters. The molecule has 8 nitrogen and oxygen atoms in total. The van der Waals surface area contributed by atoms with Crippen LogP contribution in [0.15, 0.2) is 71.6 Å². The number of carbonyl (C=O) groups excluding carboxylic acids is 1. The fourth-order valence-electron chi connectivity index (χ4n) is 4.69. The summed E-state index contributed by atoms with van der Waals surface area (Å²) in [5.74, 6) is -0.148. The number of hydrogen-bond acceptors (Lipinski definition) is 6. The normalized spacial score (nSPS) is 15.5. The minimum Gasteiger partial charge on any atom is -0.493 e. The van der Waals surface area contributed by atoms with Gasteiger partial charge in [0.05, 0.1) is 24.8 Å². The Morgan fingerprint density at radius 1 is 1.05 bits per heavy atom. The van der Waals surface area contributed by atoms with Crippen LogP contribution in [0.5, 0.6) is 11.5 Å². The van der Waals surface area contributed by atoms with Crippen molar-refractivity contribution in [3.8, 4) is 11.5 Å². The summed E-state index contributed by atoms with van der Waals surface area (Å²) < 4.78 is 53.3. The number of methoxy groups -OCH3 is 2. The van der Waals surface area contributed by atoms with Crippen molar-refractivity contribution in [2.45, 2.75) is 31.2 Å². The Morgan fingerprint density at radius 3 is 2.44 bits per heavy atom. The Hall–Kier alpha value is -3.79. The molecule has 208 valence electrons. The molecule has 3 aromatic carbocycles. The van der Waals surface area contributed by atoms with Gasteiger partial charge in [0, 0.05) is 31.4 Å². The molecule has 0 aromatic heterocycles. The van der Waals surface area contributed by atoms with E-state index in [1.807, 2.05) is 24.3 Å². The average molecular weight is 556 g/mol. The predicted molar refractivity (Wildman–Crippen MR) is 149 cm³/mol. The molecule has 3 aromatic rings. The number of benzene rings is 3. The number of rotatable bonds is 10. The molecular weight excluding hydrogens is 521 g/mol. The van der Waals surface area contributed by atoms with Crippen molar-refractivity contribution in [3.63, 3.8) is 0 Å². The lowest BCUT2D eigenvalue weighted by Crippen LogP contribution is -2.41. The predicted octanol–water partition coefficient (Wildman–Crippen LogP) is 4.59. The molecule has 0 spiro atoms. The summed E-state index contributed by atoms with van der Waals surface area (Å²) in [4.78, 5) is 15.2. The molecule has 0 bridgehead atoms. The van der Waals surface area contributed by atoms with Crippen molar-refractivity contribution in [2.75, 3.05) is 43.1 Å². The van der Waals surface area contributed by atoms with Gasteiger partial charge in [-0.05, 0) is 60.7 Å². The van der Waals surface area contributed by atoms with Gasteiger partial charge in [0.15, 0.2) is 11.5 Å². The van der Waals surface area contributed by atoms with Gasteiger partial charge in [-0.3, -0.25) is 9.10 Å². The lowest BCUT2D eigenvalue weighted by Gasteiger charge is -2.32. The molecular formula is C29H34FN3O5S. The minimum absolute atomic E-state index is 0.168. The number of anilines is 2. The topological polar surface area (TPSA) is 88.2 Å². The van der Waals surface area contributed by atoms with Crippen molar-refractivity contribution < 1.29 is 27.1 Å². The van der Waals surface area contributed by atoms with Gasteiger partial charge in [0.1, 0.15) is 12.4 Å². The number of hydrogen-bond donors (Lipinski definition) is 1. The number of nitrogens with one attached hydrogen (secondary N) is 1. The van der Waals surface area contributed by atoms with Crippen molar-refractivity contribution in [3.05, 3.63) is 78.1 Å². The van der Waals surface area contributed by atoms with Gasteiger partial charge in [0.2, 0.25) is 5.91 Å². The Kier molecular flexibility index (Phi) is 8.96. The van der Waals surface area contributed by atoms with Gasteiger partial charge in [-0.1, -0.05) is 31.2 Å². The molecule has 1 aliphatic rings. The van der Waals surface area contributed by atoms with Gasteiger partial charge >= 0.3 is 0 Å². The van der Waals surface area contributed by atoms with Crippen LogP contribution in [0.25, 0.3) is 0 Å². The van der Waals surface area contributed by atoms with E-state index < -0.39 is 28.3 Å². The summed E-state index contributed by atoms with van der Waals surface area (Å²) in [7, 11) is -1.52. The summed E-state index contributed by atoms with van der Waals surface area (Å²) in [6.45, 7) is 3.90. The van der Waals surface area contributed by atoms with Crippen molar-refractivity contribution in [1.82, 2.24) is 5.32 Å². The van der Waals surface area contributed by atoms with Crippen LogP contribution in [0.4, 0.5) is 15.8 Å². The number of halogens is 1. The van der Waals surface area contributed by atoms with Crippen LogP contribution in [-0.2, 0) is 21.4 Å². The average Bonchev–Trinajstić information content (AvgIpc) is 2.95. The molecule has 1 saturated heterocycles. The lowest BCUT2D eigenvalue weighted by atomic mass is 9.99. The summed E-state index contributed by atoms with van der Waals surface area (Å²) in [6.07, 6.45) is 2.41. The number of ether oxygens (including phenoxy) is 2. The highest BCUT2D eigenvalue weighted by Crippen LogP contribution is 2.33. The van der Waals surface area contributed by atoms with Crippen molar-refractivity contribution >= 4 is 27.3 Å². The molecule has 1 aliphatic heterocycles. The first-order valence-corrected chi connectivity index (χ1v) is 14.3. The van der Waals surface area contributed by atoms with Crippen molar-refractivity contribution in [2.24, 2.45) is 5.92 Å². The zero-order valence-electron chi connectivity index (χ0n) is 22.4. The number of sulfonamides is 1. The summed E-state index contributed by atoms with van der Waals surface area (Å²) in [6, 6.07) is 17.5. The molecule has 1 unspecified atom stereocenters. The highest BCUT2D eigenvalue weighted by Gasteiger charge is 2.30. The van der Waals surface area contributed by atoms with E-state index in [1.165, 1.54) is 63.5 Å². The number of nitrogens with zero attached hydrogens (tertiary/aromatic N) is 2. The summed E-state index contributed by atoms with van der Waals surface area (Å²) in [5, 5.41) is 2.76. The largest absolute Gasteiger partial charge is 0.493 e. The van der Waals surface area contributed by atoms with E-state index in [4.69, 9.17) is 9.47 Å². The minimum atomic E-state index is -4.34. The first-order valence-electron chi connectivity index (χ1n) is 12.8. The number of piperidine rings is 1. The molecule has 1 amide bonds. The summed E-state index contributed by atoms with van der Waals surface area (Å²) >= 11 is 0. The van der Waals surface area contributed by atoms with Gasteiger partial charge in [-0.15, -0.1) is 0 Å². The van der Waals surface area contributed by atoms with E-state index in [0.29, 0.717) is 11.7 Å². The zero-order chi connectivity index (χ0) is 28.0. The molecule has 1 heterocycles. The second-order valence-electron chi connectivity index (χ2n) is 9.62. The third-order valence-electron chi connectivity index (χ3n) is 6.80. The molecule has 39 heavy (non-hydrogen) atoms. The van der Waals surface area contributed by atoms with Crippen LogP contribution in [0.1, 0.15) is 25.3 Å². The molecule has 10 heteroatoms. The first kappa shape index (κ1) is 28.2. The molecule has 0 saturated carbocycles. The lowest BCUT2D eigenvalue weighted by molar-refractivity contribution is -0.119. The standard InChI is InChI=1S/C29H34FN3O5S/c1-21-7-6-16-32(19-21)23-12-10-22(11-13-23)18-31-29(34)20-33(26-9-5-4-8-25(26)30)39(35,36)24-14-15-27(37-2)28(17-24)38-3/h4-5,8-15,17,21H,6-7,16,18-20H2,1-3H3,(H,31,34). The van der Waals surface area contributed by atoms with Crippen LogP contribution < -0.4 is 24.0 Å². The van der Waals surface area contributed by atoms with E-state index in [2.05, 4.69) is 17.1 Å². The van der Waals surface area contributed by atoms with Crippen LogP contribution in [0.2, 0.25) is 0 Å². The zero-order valence-corrected chi connectivity index (χ0v) is 23.2.